The number of hydrogen-bond donors (Lipinski definition) is 3. The summed E-state index contributed by atoms with van der Waals surface area (Å²) in [5, 5.41) is 32.1. The van der Waals surface area contributed by atoms with E-state index in [0.29, 0.717) is 27.8 Å². The first kappa shape index (κ1) is 21.0. The fraction of sp³-hybridized carbons (Fsp3) is 0.269. The summed E-state index contributed by atoms with van der Waals surface area (Å²) in [7, 11) is 0. The second-order valence-electron chi connectivity index (χ2n) is 9.24. The van der Waals surface area contributed by atoms with Gasteiger partial charge < -0.3 is 28.9 Å². The molecule has 4 aromatic rings. The minimum atomic E-state index is -0.587. The maximum Gasteiger partial charge on any atom is 0.302 e. The van der Waals surface area contributed by atoms with Crippen molar-refractivity contribution in [2.24, 2.45) is 0 Å². The predicted octanol–water partition coefficient (Wildman–Crippen LogP) is 5.81. The lowest BCUT2D eigenvalue weighted by molar-refractivity contribution is 0.157. The van der Waals surface area contributed by atoms with Gasteiger partial charge in [-0.3, -0.25) is 4.79 Å². The zero-order valence-corrected chi connectivity index (χ0v) is 19.0. The maximum absolute atomic E-state index is 13.6. The molecule has 0 spiro atoms. The molecule has 0 amide bonds. The highest BCUT2D eigenvalue weighted by molar-refractivity contribution is 6.10. The average Bonchev–Trinajstić information content (AvgIpc) is 3.09. The van der Waals surface area contributed by atoms with Gasteiger partial charge >= 0.3 is 5.78 Å². The summed E-state index contributed by atoms with van der Waals surface area (Å²) in [6.07, 6.45) is 5.82. The number of rotatable bonds is 2. The SMILES string of the molecule is CC(C)=CCc1c(O)c(O)cc2c1oc1oc3c4c(c(C)c(O)c3c(=O)c12)OC(C)(C)C=C4. The second-order valence-corrected chi connectivity index (χ2v) is 9.24. The van der Waals surface area contributed by atoms with Gasteiger partial charge in [-0.25, -0.2) is 0 Å². The highest BCUT2D eigenvalue weighted by atomic mass is 16.5. The zero-order valence-electron chi connectivity index (χ0n) is 19.0. The molecule has 0 fully saturated rings. The Morgan fingerprint density at radius 2 is 1.76 bits per heavy atom. The van der Waals surface area contributed by atoms with Crippen LogP contribution in [0.5, 0.6) is 23.0 Å². The highest BCUT2D eigenvalue weighted by Crippen LogP contribution is 2.46. The van der Waals surface area contributed by atoms with Gasteiger partial charge in [0.05, 0.1) is 5.56 Å². The molecule has 0 radical (unpaired) electrons. The van der Waals surface area contributed by atoms with Crippen LogP contribution in [0.15, 0.2) is 37.4 Å². The van der Waals surface area contributed by atoms with Crippen molar-refractivity contribution in [3.63, 3.8) is 0 Å². The van der Waals surface area contributed by atoms with E-state index in [1.807, 2.05) is 45.9 Å². The quantitative estimate of drug-likeness (QED) is 0.262. The Hall–Kier alpha value is -3.87. The van der Waals surface area contributed by atoms with Crippen LogP contribution in [0.3, 0.4) is 0 Å². The normalized spacial score (nSPS) is 14.6. The summed E-state index contributed by atoms with van der Waals surface area (Å²) in [6.45, 7) is 9.29. The van der Waals surface area contributed by atoms with Crippen molar-refractivity contribution < 1.29 is 28.9 Å². The number of aromatic hydroxyl groups is 3. The monoisotopic (exact) mass is 448 g/mol. The maximum atomic E-state index is 13.6. The van der Waals surface area contributed by atoms with Crippen molar-refractivity contribution in [1.29, 1.82) is 0 Å². The molecule has 5 rings (SSSR count). The summed E-state index contributed by atoms with van der Waals surface area (Å²) in [4.78, 5) is 13.6. The Morgan fingerprint density at radius 1 is 1.06 bits per heavy atom. The number of allylic oxidation sites excluding steroid dienone is 2. The van der Waals surface area contributed by atoms with Crippen molar-refractivity contribution in [3.05, 3.63) is 50.7 Å². The molecule has 0 aliphatic carbocycles. The van der Waals surface area contributed by atoms with Crippen molar-refractivity contribution in [3.8, 4) is 23.0 Å². The van der Waals surface area contributed by atoms with Gasteiger partial charge in [-0.1, -0.05) is 11.6 Å². The van der Waals surface area contributed by atoms with Crippen LogP contribution in [0, 0.1) is 6.92 Å². The molecule has 0 saturated carbocycles. The highest BCUT2D eigenvalue weighted by Gasteiger charge is 2.31. The van der Waals surface area contributed by atoms with E-state index in [1.165, 1.54) is 6.07 Å². The molecule has 2 aromatic heterocycles. The first-order chi connectivity index (χ1) is 15.5. The molecular formula is C26H24O7. The van der Waals surface area contributed by atoms with Crippen molar-refractivity contribution in [2.75, 3.05) is 0 Å². The molecule has 0 saturated heterocycles. The van der Waals surface area contributed by atoms with Crippen LogP contribution in [0.4, 0.5) is 0 Å². The number of phenolic OH excluding ortho intramolecular Hbond substituents is 3. The van der Waals surface area contributed by atoms with E-state index in [-0.39, 0.29) is 51.4 Å². The van der Waals surface area contributed by atoms with E-state index >= 15 is 0 Å². The number of phenols is 3. The van der Waals surface area contributed by atoms with Crippen LogP contribution >= 0.6 is 0 Å². The fourth-order valence-electron chi connectivity index (χ4n) is 4.27. The summed E-state index contributed by atoms with van der Waals surface area (Å²) in [6, 6.07) is 1.28. The molecule has 3 heterocycles. The van der Waals surface area contributed by atoms with Crippen LogP contribution in [-0.4, -0.2) is 20.9 Å². The minimum Gasteiger partial charge on any atom is -0.507 e. The number of hydrogen-bond acceptors (Lipinski definition) is 7. The van der Waals surface area contributed by atoms with Crippen molar-refractivity contribution in [1.82, 2.24) is 0 Å². The molecule has 0 unspecified atom stereocenters. The molecule has 1 aliphatic heterocycles. The molecule has 0 bridgehead atoms. The van der Waals surface area contributed by atoms with Crippen LogP contribution in [-0.2, 0) is 6.42 Å². The Kier molecular flexibility index (Phi) is 4.34. The van der Waals surface area contributed by atoms with Crippen LogP contribution in [0.1, 0.15) is 44.4 Å². The van der Waals surface area contributed by atoms with E-state index in [1.54, 1.807) is 6.92 Å². The second kappa shape index (κ2) is 6.81. The third kappa shape index (κ3) is 2.99. The molecule has 7 nitrogen and oxygen atoms in total. The summed E-state index contributed by atoms with van der Waals surface area (Å²) >= 11 is 0. The van der Waals surface area contributed by atoms with E-state index < -0.39 is 11.0 Å². The standard InChI is InChI=1S/C26H24O7/c1-11(2)6-7-13-20(29)16(27)10-15-17-21(30)18-19(28)12(3)22-14(8-9-26(4,5)33-22)24(18)32-25(17)31-23(13)15/h6,8-10,27-29H,7H2,1-5H3. The molecule has 1 aliphatic rings. The topological polar surface area (TPSA) is 113 Å². The number of fused-ring (bicyclic) bond motifs is 6. The molecule has 170 valence electrons. The lowest BCUT2D eigenvalue weighted by Crippen LogP contribution is -2.28. The summed E-state index contributed by atoms with van der Waals surface area (Å²) in [5.74, 6) is -0.537. The molecule has 0 atom stereocenters. The van der Waals surface area contributed by atoms with E-state index in [4.69, 9.17) is 13.6 Å². The first-order valence-corrected chi connectivity index (χ1v) is 10.6. The molecule has 3 N–H and O–H groups in total. The average molecular weight is 448 g/mol. The largest absolute Gasteiger partial charge is 0.507 e. The van der Waals surface area contributed by atoms with Gasteiger partial charge in [0, 0.05) is 16.5 Å². The van der Waals surface area contributed by atoms with Crippen molar-refractivity contribution in [2.45, 2.75) is 46.6 Å². The van der Waals surface area contributed by atoms with Crippen LogP contribution in [0.25, 0.3) is 39.2 Å². The third-order valence-corrected chi connectivity index (χ3v) is 6.03. The van der Waals surface area contributed by atoms with Gasteiger partial charge in [-0.2, -0.15) is 0 Å². The van der Waals surface area contributed by atoms with Crippen LogP contribution < -0.4 is 10.2 Å². The van der Waals surface area contributed by atoms with Gasteiger partial charge in [-0.05, 0) is 59.3 Å². The van der Waals surface area contributed by atoms with Gasteiger partial charge in [0.15, 0.2) is 17.1 Å². The molecular weight excluding hydrogens is 424 g/mol. The van der Waals surface area contributed by atoms with Crippen molar-refractivity contribution >= 4 is 39.2 Å². The predicted molar refractivity (Wildman–Crippen MR) is 126 cm³/mol. The van der Waals surface area contributed by atoms with E-state index in [9.17, 15) is 20.1 Å². The molecule has 7 heteroatoms. The lowest BCUT2D eigenvalue weighted by Gasteiger charge is -2.29. The van der Waals surface area contributed by atoms with E-state index in [2.05, 4.69) is 0 Å². The number of benzene rings is 2. The van der Waals surface area contributed by atoms with Gasteiger partial charge in [-0.15, -0.1) is 0 Å². The molecule has 2 aromatic carbocycles. The van der Waals surface area contributed by atoms with Gasteiger partial charge in [0.25, 0.3) is 0 Å². The molecule has 33 heavy (non-hydrogen) atoms. The Morgan fingerprint density at radius 3 is 2.45 bits per heavy atom. The third-order valence-electron chi connectivity index (χ3n) is 6.03. The minimum absolute atomic E-state index is 0.00724. The Labute approximate surface area is 188 Å². The number of furan rings is 1. The Bertz CT molecular complexity index is 1610. The summed E-state index contributed by atoms with van der Waals surface area (Å²) in [5.41, 5.74) is 1.63. The van der Waals surface area contributed by atoms with Gasteiger partial charge in [0.2, 0.25) is 5.43 Å². The smallest absolute Gasteiger partial charge is 0.302 e. The Balaban J connectivity index is 1.94. The van der Waals surface area contributed by atoms with E-state index in [0.717, 1.165) is 5.57 Å². The van der Waals surface area contributed by atoms with Gasteiger partial charge in [0.1, 0.15) is 33.5 Å². The lowest BCUT2D eigenvalue weighted by atomic mass is 9.96. The zero-order chi connectivity index (χ0) is 23.8. The summed E-state index contributed by atoms with van der Waals surface area (Å²) < 4.78 is 18.0. The number of ether oxygens (including phenoxy) is 1. The van der Waals surface area contributed by atoms with Crippen LogP contribution in [0.2, 0.25) is 0 Å². The fourth-order valence-corrected chi connectivity index (χ4v) is 4.27. The first-order valence-electron chi connectivity index (χ1n) is 10.6.